The number of rotatable bonds is 4. The number of aromatic nitrogens is 2. The lowest BCUT2D eigenvalue weighted by atomic mass is 9.96. The fraction of sp³-hybridized carbons (Fsp3) is 0.0545. The number of hydrogen-bond acceptors (Lipinski definition) is 3. The minimum absolute atomic E-state index is 0.627. The minimum atomic E-state index is 0.627. The monoisotopic (exact) mass is 770 g/mol. The van der Waals surface area contributed by atoms with Crippen molar-refractivity contribution >= 4 is 82.9 Å². The van der Waals surface area contributed by atoms with Crippen LogP contribution in [0, 0.1) is 0 Å². The average Bonchev–Trinajstić information content (AvgIpc) is 3.96. The summed E-state index contributed by atoms with van der Waals surface area (Å²) in [5, 5.41) is 6.91. The molecule has 0 bridgehead atoms. The van der Waals surface area contributed by atoms with E-state index in [-0.39, 0.29) is 0 Å². The van der Waals surface area contributed by atoms with E-state index >= 15 is 0 Å². The van der Waals surface area contributed by atoms with E-state index in [1.807, 2.05) is 0 Å². The van der Waals surface area contributed by atoms with E-state index in [0.717, 1.165) is 101 Å². The average molecular weight is 771 g/mol. The van der Waals surface area contributed by atoms with Crippen molar-refractivity contribution in [3.8, 4) is 16.8 Å². The van der Waals surface area contributed by atoms with Gasteiger partial charge in [-0.2, -0.15) is 0 Å². The van der Waals surface area contributed by atoms with Gasteiger partial charge in [-0.05, 0) is 84.5 Å². The van der Waals surface area contributed by atoms with Crippen LogP contribution in [0.4, 0.5) is 0 Å². The molecule has 0 spiro atoms. The van der Waals surface area contributed by atoms with Crippen LogP contribution < -0.4 is 0 Å². The Morgan fingerprint density at radius 2 is 1.05 bits per heavy atom. The molecule has 0 saturated heterocycles. The smallest absolute Gasteiger partial charge is 0.235 e. The van der Waals surface area contributed by atoms with Crippen LogP contribution in [0.2, 0.25) is 0 Å². The number of hydrogen-bond donors (Lipinski definition) is 0. The Morgan fingerprint density at radius 3 is 1.77 bits per heavy atom. The molecule has 0 atom stereocenters. The van der Waals surface area contributed by atoms with E-state index in [0.29, 0.717) is 5.96 Å². The lowest BCUT2D eigenvalue weighted by Gasteiger charge is -2.18. The highest BCUT2D eigenvalue weighted by atomic mass is 16.3. The zero-order valence-electron chi connectivity index (χ0n) is 33.0. The Kier molecular flexibility index (Phi) is 7.82. The van der Waals surface area contributed by atoms with E-state index in [4.69, 9.17) is 14.4 Å². The summed E-state index contributed by atoms with van der Waals surface area (Å²) in [6.45, 7) is 2.22. The summed E-state index contributed by atoms with van der Waals surface area (Å²) >= 11 is 0. The van der Waals surface area contributed by atoms with Crippen LogP contribution in [0.1, 0.15) is 30.9 Å². The van der Waals surface area contributed by atoms with Gasteiger partial charge >= 0.3 is 0 Å². The van der Waals surface area contributed by atoms with Crippen molar-refractivity contribution in [2.45, 2.75) is 19.8 Å². The van der Waals surface area contributed by atoms with Gasteiger partial charge in [0.15, 0.2) is 0 Å². The number of allylic oxidation sites excluding steroid dienone is 1. The first-order valence-corrected chi connectivity index (χ1v) is 20.6. The molecule has 4 heterocycles. The van der Waals surface area contributed by atoms with Crippen LogP contribution in [0.15, 0.2) is 208 Å². The van der Waals surface area contributed by atoms with Crippen LogP contribution in [0.25, 0.3) is 88.1 Å². The molecule has 60 heavy (non-hydrogen) atoms. The SMILES string of the molecule is C/C1=C(\c2ccccc2)N=C(n2c3ccccc3c3ccc4c5ccccc5n(-c5ccccc5)c4c32)N=C(c2ccc3c(c2)oc2cccc(-c4ccccc4)c23)CC1. The van der Waals surface area contributed by atoms with E-state index in [9.17, 15) is 0 Å². The Hall–Kier alpha value is -7.76. The second-order valence-corrected chi connectivity index (χ2v) is 15.7. The normalized spacial score (nSPS) is 14.9. The van der Waals surface area contributed by atoms with Gasteiger partial charge in [0.1, 0.15) is 11.2 Å². The molecule has 5 heteroatoms. The van der Waals surface area contributed by atoms with E-state index in [1.165, 1.54) is 21.9 Å². The summed E-state index contributed by atoms with van der Waals surface area (Å²) in [6.07, 6.45) is 1.55. The van der Waals surface area contributed by atoms with Crippen LogP contribution in [-0.4, -0.2) is 20.8 Å². The van der Waals surface area contributed by atoms with Gasteiger partial charge in [-0.1, -0.05) is 146 Å². The van der Waals surface area contributed by atoms with E-state index < -0.39 is 0 Å². The van der Waals surface area contributed by atoms with Gasteiger partial charge < -0.3 is 8.98 Å². The van der Waals surface area contributed by atoms with Crippen molar-refractivity contribution in [2.75, 3.05) is 0 Å². The summed E-state index contributed by atoms with van der Waals surface area (Å²) in [5.41, 5.74) is 14.8. The number of furan rings is 1. The van der Waals surface area contributed by atoms with Crippen LogP contribution in [0.3, 0.4) is 0 Å². The van der Waals surface area contributed by atoms with Gasteiger partial charge in [-0.3, -0.25) is 4.57 Å². The molecular weight excluding hydrogens is 733 g/mol. The molecule has 0 unspecified atom stereocenters. The fourth-order valence-electron chi connectivity index (χ4n) is 9.45. The lowest BCUT2D eigenvalue weighted by molar-refractivity contribution is 0.669. The molecule has 8 aromatic carbocycles. The molecule has 0 amide bonds. The number of nitrogens with zero attached hydrogens (tertiary/aromatic N) is 4. The Labute approximate surface area is 346 Å². The molecule has 0 radical (unpaired) electrons. The Bertz CT molecular complexity index is 3580. The Balaban J connectivity index is 1.16. The zero-order chi connectivity index (χ0) is 39.7. The molecule has 12 rings (SSSR count). The fourth-order valence-corrected chi connectivity index (χ4v) is 9.45. The van der Waals surface area contributed by atoms with Gasteiger partial charge in [-0.15, -0.1) is 0 Å². The third kappa shape index (κ3) is 5.33. The van der Waals surface area contributed by atoms with Crippen LogP contribution in [-0.2, 0) is 0 Å². The maximum Gasteiger partial charge on any atom is 0.235 e. The molecule has 284 valence electrons. The predicted molar refractivity (Wildman–Crippen MR) is 251 cm³/mol. The zero-order valence-corrected chi connectivity index (χ0v) is 33.0. The quantitative estimate of drug-likeness (QED) is 0.176. The van der Waals surface area contributed by atoms with Gasteiger partial charge in [0.05, 0.1) is 33.5 Å². The van der Waals surface area contributed by atoms with Crippen molar-refractivity contribution in [1.82, 2.24) is 9.13 Å². The topological polar surface area (TPSA) is 47.7 Å². The van der Waals surface area contributed by atoms with Gasteiger partial charge in [0.25, 0.3) is 0 Å². The van der Waals surface area contributed by atoms with Gasteiger partial charge in [0.2, 0.25) is 5.96 Å². The maximum atomic E-state index is 6.64. The summed E-state index contributed by atoms with van der Waals surface area (Å²) in [5.74, 6) is 0.627. The first-order valence-electron chi connectivity index (χ1n) is 20.6. The van der Waals surface area contributed by atoms with E-state index in [1.54, 1.807) is 0 Å². The van der Waals surface area contributed by atoms with Crippen LogP contribution >= 0.6 is 0 Å². The summed E-state index contributed by atoms with van der Waals surface area (Å²) in [7, 11) is 0. The standard InChI is InChI=1S/C55H38N4O/c1-35-28-33-46(38-29-30-45-50(34-38)60-49-27-15-24-40(51(45)49)36-16-5-2-6-17-36)56-55(57-52(35)37-18-7-3-8-19-37)59-48-26-14-12-23-42(48)44-32-31-43-41-22-11-13-25-47(41)58(53(43)54(44)59)39-20-9-4-10-21-39/h2-27,29-32,34H,28,33H2,1H3/b52-35-,56-46?,57-55?. The molecule has 0 fully saturated rings. The molecular formula is C55H38N4O. The van der Waals surface area contributed by atoms with Crippen LogP contribution in [0.5, 0.6) is 0 Å². The second kappa shape index (κ2) is 13.7. The number of para-hydroxylation sites is 3. The van der Waals surface area contributed by atoms with Crippen molar-refractivity contribution in [3.05, 3.63) is 205 Å². The van der Waals surface area contributed by atoms with Gasteiger partial charge in [0, 0.05) is 43.6 Å². The lowest BCUT2D eigenvalue weighted by Crippen LogP contribution is -2.16. The molecule has 1 aliphatic rings. The Morgan fingerprint density at radius 1 is 0.450 bits per heavy atom. The third-order valence-electron chi connectivity index (χ3n) is 12.2. The highest BCUT2D eigenvalue weighted by Crippen LogP contribution is 2.42. The second-order valence-electron chi connectivity index (χ2n) is 15.7. The van der Waals surface area contributed by atoms with Crippen molar-refractivity contribution < 1.29 is 4.42 Å². The van der Waals surface area contributed by atoms with Crippen molar-refractivity contribution in [1.29, 1.82) is 0 Å². The summed E-state index contributed by atoms with van der Waals surface area (Å²) in [4.78, 5) is 11.3. The largest absolute Gasteiger partial charge is 0.456 e. The van der Waals surface area contributed by atoms with Crippen molar-refractivity contribution in [2.24, 2.45) is 9.98 Å². The maximum absolute atomic E-state index is 6.64. The molecule has 0 saturated carbocycles. The van der Waals surface area contributed by atoms with Crippen molar-refractivity contribution in [3.63, 3.8) is 0 Å². The summed E-state index contributed by atoms with van der Waals surface area (Å²) < 4.78 is 11.4. The molecule has 1 aliphatic heterocycles. The molecule has 3 aromatic heterocycles. The highest BCUT2D eigenvalue weighted by molar-refractivity contribution is 6.27. The molecule has 11 aromatic rings. The summed E-state index contributed by atoms with van der Waals surface area (Å²) in [6, 6.07) is 66.7. The molecule has 5 nitrogen and oxygen atoms in total. The number of fused-ring (bicyclic) bond motifs is 10. The van der Waals surface area contributed by atoms with E-state index in [2.05, 4.69) is 204 Å². The third-order valence-corrected chi connectivity index (χ3v) is 12.2. The molecule has 0 aliphatic carbocycles. The minimum Gasteiger partial charge on any atom is -0.456 e. The van der Waals surface area contributed by atoms with Gasteiger partial charge in [-0.25, -0.2) is 9.98 Å². The number of benzene rings is 8. The highest BCUT2D eigenvalue weighted by Gasteiger charge is 2.25. The first-order chi connectivity index (χ1) is 29.7. The predicted octanol–water partition coefficient (Wildman–Crippen LogP) is 14.4. The number of aliphatic imine (C=N–C) groups is 2. The first kappa shape index (κ1) is 34.3. The molecule has 0 N–H and O–H groups in total.